The van der Waals surface area contributed by atoms with Crippen molar-refractivity contribution in [2.75, 3.05) is 0 Å². The maximum atomic E-state index is 7.22. The van der Waals surface area contributed by atoms with Crippen molar-refractivity contribution in [2.24, 2.45) is 0 Å². The first-order valence-corrected chi connectivity index (χ1v) is 18.8. The fourth-order valence-electron chi connectivity index (χ4n) is 7.66. The Morgan fingerprint density at radius 3 is 1.09 bits per heavy atom. The molecule has 0 spiro atoms. The van der Waals surface area contributed by atoms with Crippen molar-refractivity contribution in [3.8, 4) is 66.8 Å². The number of benzene rings is 8. The molecule has 242 valence electrons. The zero-order valence-corrected chi connectivity index (χ0v) is 30.7. The van der Waals surface area contributed by atoms with E-state index in [0.717, 1.165) is 81.4 Å². The number of fused-ring (bicyclic) bond motifs is 3. The minimum Gasteiger partial charge on any atom is -0.136 e. The minimum atomic E-state index is 0.331. The first kappa shape index (κ1) is 35.1. The van der Waals surface area contributed by atoms with Crippen LogP contribution in [0.15, 0.2) is 158 Å². The molecule has 0 unspecified atom stereocenters. The van der Waals surface area contributed by atoms with E-state index in [1.165, 1.54) is 11.3 Å². The molecule has 1 aromatic heterocycles. The summed E-state index contributed by atoms with van der Waals surface area (Å²) in [5, 5.41) is 1.52. The van der Waals surface area contributed by atoms with Crippen molar-refractivity contribution in [3.63, 3.8) is 0 Å². The van der Waals surface area contributed by atoms with Crippen LogP contribution in [0.2, 0.25) is 0 Å². The Morgan fingerprint density at radius 1 is 0.255 bits per heavy atom. The van der Waals surface area contributed by atoms with Crippen LogP contribution >= 0.6 is 11.3 Å². The first-order valence-electron chi connectivity index (χ1n) is 18.0. The van der Waals surface area contributed by atoms with Gasteiger partial charge >= 0.3 is 0 Å². The van der Waals surface area contributed by atoms with Crippen LogP contribution in [-0.4, -0.2) is 47.1 Å². The van der Waals surface area contributed by atoms with E-state index in [9.17, 15) is 0 Å². The number of thiophene rings is 1. The zero-order chi connectivity index (χ0) is 37.8. The van der Waals surface area contributed by atoms with Crippen molar-refractivity contribution >= 4 is 111 Å². The van der Waals surface area contributed by atoms with E-state index < -0.39 is 0 Å². The standard InChI is InChI=1S/C48H26B6S/c49-41-37(33-14-8-3-9-15-33)39-40-43(51)42(50)38(44(52)48(40)55-47(39)46(54)45(41)53)36-25-34(31-20-16-29(17-21-31)27-10-4-1-5-11-27)24-35(26-36)32-22-18-30(19-23-32)28-12-6-2-7-13-28/h1-26H. The second-order valence-electron chi connectivity index (χ2n) is 13.8. The molecule has 0 aliphatic heterocycles. The zero-order valence-electron chi connectivity index (χ0n) is 29.9. The molecule has 55 heavy (non-hydrogen) atoms. The molecule has 0 saturated heterocycles. The highest BCUT2D eigenvalue weighted by Crippen LogP contribution is 2.39. The predicted octanol–water partition coefficient (Wildman–Crippen LogP) is 6.82. The van der Waals surface area contributed by atoms with E-state index in [4.69, 9.17) is 47.1 Å². The summed E-state index contributed by atoms with van der Waals surface area (Å²) < 4.78 is 1.54. The van der Waals surface area contributed by atoms with Crippen LogP contribution in [0.5, 0.6) is 0 Å². The predicted molar refractivity (Wildman–Crippen MR) is 244 cm³/mol. The molecule has 0 bridgehead atoms. The molecule has 1 heterocycles. The lowest BCUT2D eigenvalue weighted by Crippen LogP contribution is -2.40. The van der Waals surface area contributed by atoms with E-state index in [1.807, 2.05) is 42.5 Å². The van der Waals surface area contributed by atoms with Crippen LogP contribution in [0.4, 0.5) is 0 Å². The van der Waals surface area contributed by atoms with Crippen LogP contribution in [0.25, 0.3) is 86.9 Å². The molecular weight excluding hydrogens is 673 g/mol. The quantitative estimate of drug-likeness (QED) is 0.167. The van der Waals surface area contributed by atoms with Gasteiger partial charge in [0.1, 0.15) is 47.1 Å². The van der Waals surface area contributed by atoms with Gasteiger partial charge in [-0.05, 0) is 90.3 Å². The van der Waals surface area contributed by atoms with E-state index in [-0.39, 0.29) is 0 Å². The third-order valence-corrected chi connectivity index (χ3v) is 11.8. The van der Waals surface area contributed by atoms with Gasteiger partial charge in [0, 0.05) is 14.8 Å². The maximum absolute atomic E-state index is 7.22. The molecule has 0 nitrogen and oxygen atoms in total. The number of hydrogen-bond donors (Lipinski definition) is 0. The van der Waals surface area contributed by atoms with Gasteiger partial charge < -0.3 is 0 Å². The molecule has 12 radical (unpaired) electrons. The lowest BCUT2D eigenvalue weighted by molar-refractivity contribution is 1.56. The highest BCUT2D eigenvalue weighted by molar-refractivity contribution is 7.28. The summed E-state index contributed by atoms with van der Waals surface area (Å²) in [5.41, 5.74) is 14.4. The van der Waals surface area contributed by atoms with Crippen LogP contribution in [0.1, 0.15) is 0 Å². The van der Waals surface area contributed by atoms with Gasteiger partial charge in [-0.2, -0.15) is 0 Å². The summed E-state index contributed by atoms with van der Waals surface area (Å²) in [6.45, 7) is 0. The molecule has 9 aromatic rings. The summed E-state index contributed by atoms with van der Waals surface area (Å²) in [4.78, 5) is 0. The van der Waals surface area contributed by atoms with Gasteiger partial charge in [-0.3, -0.25) is 0 Å². The summed E-state index contributed by atoms with van der Waals surface area (Å²) >= 11 is 1.46. The van der Waals surface area contributed by atoms with Gasteiger partial charge in [0.2, 0.25) is 0 Å². The van der Waals surface area contributed by atoms with Crippen LogP contribution in [0.3, 0.4) is 0 Å². The first-order chi connectivity index (χ1) is 26.8. The van der Waals surface area contributed by atoms with Gasteiger partial charge in [0.05, 0.1) is 0 Å². The fourth-order valence-corrected chi connectivity index (χ4v) is 8.92. The Kier molecular flexibility index (Phi) is 9.07. The second-order valence-corrected chi connectivity index (χ2v) is 14.8. The third-order valence-electron chi connectivity index (χ3n) is 10.5. The molecule has 0 N–H and O–H groups in total. The van der Waals surface area contributed by atoms with Crippen molar-refractivity contribution in [2.45, 2.75) is 0 Å². The van der Waals surface area contributed by atoms with E-state index in [1.54, 1.807) is 0 Å². The lowest BCUT2D eigenvalue weighted by Gasteiger charge is -2.20. The molecule has 0 fully saturated rings. The van der Waals surface area contributed by atoms with E-state index >= 15 is 0 Å². The Labute approximate surface area is 334 Å². The summed E-state index contributed by atoms with van der Waals surface area (Å²) in [5.74, 6) is 0. The Bertz CT molecular complexity index is 2780. The molecule has 9 rings (SSSR count). The molecule has 0 amide bonds. The Hall–Kier alpha value is -5.63. The van der Waals surface area contributed by atoms with Crippen molar-refractivity contribution in [1.82, 2.24) is 0 Å². The van der Waals surface area contributed by atoms with Gasteiger partial charge in [0.15, 0.2) is 0 Å². The Morgan fingerprint density at radius 2 is 0.618 bits per heavy atom. The maximum Gasteiger partial charge on any atom is 0.116 e. The largest absolute Gasteiger partial charge is 0.136 e. The minimum absolute atomic E-state index is 0.331. The molecule has 0 atom stereocenters. The van der Waals surface area contributed by atoms with Crippen LogP contribution in [-0.2, 0) is 0 Å². The smallest absolute Gasteiger partial charge is 0.116 e. The van der Waals surface area contributed by atoms with Crippen LogP contribution < -0.4 is 32.8 Å². The molecule has 7 heteroatoms. The third kappa shape index (κ3) is 6.12. The van der Waals surface area contributed by atoms with E-state index in [0.29, 0.717) is 38.3 Å². The summed E-state index contributed by atoms with van der Waals surface area (Å²) in [6, 6.07) is 54.3. The SMILES string of the molecule is [B]c1c([B])c(-c2ccccc2)c2c(sc3c([B])c(-c4cc(-c5ccc(-c6ccccc6)cc5)cc(-c5ccc(-c6ccccc6)cc5)c4)c([B])c([B])c32)c1[B]. The van der Waals surface area contributed by atoms with Crippen molar-refractivity contribution in [1.29, 1.82) is 0 Å². The van der Waals surface area contributed by atoms with Gasteiger partial charge in [-0.1, -0.05) is 167 Å². The highest BCUT2D eigenvalue weighted by Gasteiger charge is 2.23. The van der Waals surface area contributed by atoms with Crippen molar-refractivity contribution < 1.29 is 0 Å². The summed E-state index contributed by atoms with van der Waals surface area (Å²) in [7, 11) is 41.3. The van der Waals surface area contributed by atoms with Crippen LogP contribution in [0, 0.1) is 0 Å². The molecule has 0 aliphatic carbocycles. The topological polar surface area (TPSA) is 0 Å². The normalized spacial score (nSPS) is 11.3. The monoisotopic (exact) mass is 700 g/mol. The second kappa shape index (κ2) is 14.2. The number of hydrogen-bond acceptors (Lipinski definition) is 1. The van der Waals surface area contributed by atoms with E-state index in [2.05, 4.69) is 115 Å². The Balaban J connectivity index is 1.26. The van der Waals surface area contributed by atoms with Gasteiger partial charge in [-0.25, -0.2) is 0 Å². The fraction of sp³-hybridized carbons (Fsp3) is 0. The molecule has 0 aliphatic rings. The molecule has 8 aromatic carbocycles. The van der Waals surface area contributed by atoms with Gasteiger partial charge in [-0.15, -0.1) is 16.8 Å². The number of rotatable bonds is 6. The lowest BCUT2D eigenvalue weighted by atomic mass is 9.66. The summed E-state index contributed by atoms with van der Waals surface area (Å²) in [6.07, 6.45) is 0. The van der Waals surface area contributed by atoms with Gasteiger partial charge in [0.25, 0.3) is 0 Å². The molecule has 0 saturated carbocycles. The molecular formula is C48H26B6S. The van der Waals surface area contributed by atoms with Crippen molar-refractivity contribution in [3.05, 3.63) is 158 Å². The highest BCUT2D eigenvalue weighted by atomic mass is 32.1. The average Bonchev–Trinajstić information content (AvgIpc) is 3.64. The average molecular weight is 700 g/mol.